The third-order valence-corrected chi connectivity index (χ3v) is 8.62. The maximum atomic E-state index is 14.0. The molecule has 0 unspecified atom stereocenters. The van der Waals surface area contributed by atoms with Gasteiger partial charge in [0.1, 0.15) is 28.8 Å². The fourth-order valence-electron chi connectivity index (χ4n) is 5.68. The summed E-state index contributed by atoms with van der Waals surface area (Å²) in [6.45, 7) is 4.63. The molecule has 14 heteroatoms. The standard InChI is InChI=1S/C41H45N7O7/c1-4-6-7-12-25-54-41(52)46-38(42)28-16-19-30(20-17-28)44-27-36-45-32-26-29(18-21-33(32)47(36)3)39(50)48(35-15-10-11-23-43-35)24-22-37(49)55-34-14-9-8-13-31(34)40(51)53-5-2/h8-11,13-21,23,26,44H,4-7,12,22,24-25,27H2,1-3H3,(H2,42,46,52). The molecule has 286 valence electrons. The summed E-state index contributed by atoms with van der Waals surface area (Å²) < 4.78 is 17.7. The van der Waals surface area contributed by atoms with Crippen LogP contribution in [0.4, 0.5) is 16.3 Å². The lowest BCUT2D eigenvalue weighted by atomic mass is 10.1. The Kier molecular flexibility index (Phi) is 14.0. The van der Waals surface area contributed by atoms with Gasteiger partial charge in [0.15, 0.2) is 0 Å². The van der Waals surface area contributed by atoms with Crippen LogP contribution in [0.15, 0.2) is 91.1 Å². The fourth-order valence-corrected chi connectivity index (χ4v) is 5.68. The highest BCUT2D eigenvalue weighted by Crippen LogP contribution is 2.23. The fraction of sp³-hybridized carbons (Fsp3) is 0.293. The number of amides is 2. The molecular formula is C41H45N7O7. The predicted octanol–water partition coefficient (Wildman–Crippen LogP) is 7.03. The molecular weight excluding hydrogens is 702 g/mol. The second-order valence-corrected chi connectivity index (χ2v) is 12.5. The molecule has 0 radical (unpaired) electrons. The third-order valence-electron chi connectivity index (χ3n) is 8.62. The van der Waals surface area contributed by atoms with Gasteiger partial charge in [-0.1, -0.05) is 44.4 Å². The van der Waals surface area contributed by atoms with Gasteiger partial charge >= 0.3 is 18.0 Å². The van der Waals surface area contributed by atoms with E-state index in [0.29, 0.717) is 41.4 Å². The van der Waals surface area contributed by atoms with Crippen LogP contribution in [-0.4, -0.2) is 64.1 Å². The quantitative estimate of drug-likeness (QED) is 0.0294. The minimum absolute atomic E-state index is 0.0385. The Morgan fingerprint density at radius 1 is 0.873 bits per heavy atom. The van der Waals surface area contributed by atoms with E-state index in [1.165, 1.54) is 17.0 Å². The number of imidazole rings is 1. The van der Waals surface area contributed by atoms with Gasteiger partial charge in [-0.15, -0.1) is 0 Å². The van der Waals surface area contributed by atoms with Crippen molar-refractivity contribution in [1.82, 2.24) is 19.9 Å². The smallest absolute Gasteiger partial charge is 0.412 e. The van der Waals surface area contributed by atoms with Gasteiger partial charge in [0, 0.05) is 36.6 Å². The van der Waals surface area contributed by atoms with Gasteiger partial charge < -0.3 is 24.1 Å². The number of aromatic nitrogens is 3. The van der Waals surface area contributed by atoms with Crippen molar-refractivity contribution in [3.05, 3.63) is 114 Å². The lowest BCUT2D eigenvalue weighted by molar-refractivity contribution is -0.134. The minimum Gasteiger partial charge on any atom is -0.462 e. The van der Waals surface area contributed by atoms with Gasteiger partial charge in [0.05, 0.1) is 37.2 Å². The number of hydrogen-bond donors (Lipinski definition) is 3. The topological polar surface area (TPSA) is 178 Å². The number of fused-ring (bicyclic) bond motifs is 1. The highest BCUT2D eigenvalue weighted by atomic mass is 16.6. The molecule has 0 saturated heterocycles. The van der Waals surface area contributed by atoms with Crippen molar-refractivity contribution in [2.24, 2.45) is 7.05 Å². The molecule has 0 spiro atoms. The number of unbranched alkanes of at least 4 members (excludes halogenated alkanes) is 3. The van der Waals surface area contributed by atoms with Crippen molar-refractivity contribution in [3.8, 4) is 5.75 Å². The molecule has 14 nitrogen and oxygen atoms in total. The van der Waals surface area contributed by atoms with E-state index in [-0.39, 0.29) is 42.6 Å². The monoisotopic (exact) mass is 747 g/mol. The number of anilines is 2. The minimum atomic E-state index is -0.643. The largest absolute Gasteiger partial charge is 0.462 e. The van der Waals surface area contributed by atoms with E-state index in [4.69, 9.17) is 24.6 Å². The molecule has 0 saturated carbocycles. The summed E-state index contributed by atoms with van der Waals surface area (Å²) in [4.78, 5) is 61.9. The van der Waals surface area contributed by atoms with Crippen molar-refractivity contribution in [2.45, 2.75) is 52.5 Å². The van der Waals surface area contributed by atoms with Crippen molar-refractivity contribution in [2.75, 3.05) is 30.0 Å². The maximum absolute atomic E-state index is 14.0. The number of carbonyl (C=O) groups excluding carboxylic acids is 4. The van der Waals surface area contributed by atoms with Crippen LogP contribution in [0.5, 0.6) is 5.75 Å². The van der Waals surface area contributed by atoms with Gasteiger partial charge in [0.2, 0.25) is 0 Å². The average molecular weight is 748 g/mol. The number of benzene rings is 3. The van der Waals surface area contributed by atoms with Gasteiger partial charge in [0.25, 0.3) is 5.91 Å². The number of pyridine rings is 1. The lowest BCUT2D eigenvalue weighted by Gasteiger charge is -2.21. The third kappa shape index (κ3) is 10.7. The van der Waals surface area contributed by atoms with Crippen LogP contribution in [0.3, 0.4) is 0 Å². The van der Waals surface area contributed by atoms with E-state index in [1.54, 1.807) is 67.7 Å². The normalized spacial score (nSPS) is 10.7. The molecule has 5 aromatic rings. The molecule has 2 amide bonds. The number of rotatable bonds is 17. The predicted molar refractivity (Wildman–Crippen MR) is 209 cm³/mol. The Morgan fingerprint density at radius 2 is 1.64 bits per heavy atom. The SMILES string of the molecule is CCCCCCOC(=O)NC(=N)c1ccc(NCc2nc3cc(C(=O)N(CCC(=O)Oc4ccccc4C(=O)OCC)c4ccccn4)ccc3n2C)cc1. The Bertz CT molecular complexity index is 2120. The number of esters is 2. The van der Waals surface area contributed by atoms with Gasteiger partial charge in [-0.2, -0.15) is 0 Å². The summed E-state index contributed by atoms with van der Waals surface area (Å²) in [6.07, 6.45) is 4.73. The second kappa shape index (κ2) is 19.5. The summed E-state index contributed by atoms with van der Waals surface area (Å²) in [5, 5.41) is 14.0. The zero-order valence-corrected chi connectivity index (χ0v) is 31.2. The molecule has 2 heterocycles. The number of alkyl carbamates (subject to hydrolysis) is 1. The first-order valence-corrected chi connectivity index (χ1v) is 18.2. The van der Waals surface area contributed by atoms with E-state index in [1.807, 2.05) is 29.8 Å². The lowest BCUT2D eigenvalue weighted by Crippen LogP contribution is -2.34. The van der Waals surface area contributed by atoms with Crippen LogP contribution < -0.4 is 20.3 Å². The van der Waals surface area contributed by atoms with Crippen LogP contribution >= 0.6 is 0 Å². The Morgan fingerprint density at radius 3 is 2.38 bits per heavy atom. The van der Waals surface area contributed by atoms with E-state index in [0.717, 1.165) is 36.9 Å². The van der Waals surface area contributed by atoms with Gasteiger partial charge in [-0.3, -0.25) is 25.2 Å². The molecule has 5 rings (SSSR count). The molecule has 3 N–H and O–H groups in total. The molecule has 2 aromatic heterocycles. The maximum Gasteiger partial charge on any atom is 0.412 e. The van der Waals surface area contributed by atoms with Gasteiger partial charge in [-0.05, 0) is 80.1 Å². The number of nitrogens with one attached hydrogen (secondary N) is 3. The molecule has 0 aliphatic rings. The van der Waals surface area contributed by atoms with Crippen molar-refractivity contribution in [3.63, 3.8) is 0 Å². The molecule has 0 aliphatic heterocycles. The van der Waals surface area contributed by atoms with Crippen molar-refractivity contribution >= 4 is 52.3 Å². The average Bonchev–Trinajstić information content (AvgIpc) is 3.51. The summed E-state index contributed by atoms with van der Waals surface area (Å²) >= 11 is 0. The van der Waals surface area contributed by atoms with Crippen LogP contribution in [-0.2, 0) is 27.9 Å². The number of para-hydroxylation sites is 1. The molecule has 0 fully saturated rings. The number of aryl methyl sites for hydroxylation is 1. The molecule has 0 atom stereocenters. The van der Waals surface area contributed by atoms with Crippen molar-refractivity contribution < 1.29 is 33.4 Å². The zero-order chi connectivity index (χ0) is 39.2. The Labute approximate surface area is 319 Å². The molecule has 0 aliphatic carbocycles. The van der Waals surface area contributed by atoms with E-state index in [9.17, 15) is 19.2 Å². The van der Waals surface area contributed by atoms with Gasteiger partial charge in [-0.25, -0.2) is 19.6 Å². The summed E-state index contributed by atoms with van der Waals surface area (Å²) in [7, 11) is 1.89. The number of ether oxygens (including phenoxy) is 3. The second-order valence-electron chi connectivity index (χ2n) is 12.5. The Balaban J connectivity index is 1.22. The summed E-state index contributed by atoms with van der Waals surface area (Å²) in [5.74, 6) is -0.533. The number of carbonyl (C=O) groups is 4. The Hall–Kier alpha value is -6.57. The van der Waals surface area contributed by atoms with Crippen LogP contribution in [0.2, 0.25) is 0 Å². The van der Waals surface area contributed by atoms with E-state index >= 15 is 0 Å². The number of nitrogens with zero attached hydrogens (tertiary/aromatic N) is 4. The zero-order valence-electron chi connectivity index (χ0n) is 31.2. The van der Waals surface area contributed by atoms with Crippen LogP contribution in [0, 0.1) is 5.41 Å². The first-order valence-electron chi connectivity index (χ1n) is 18.2. The summed E-state index contributed by atoms with van der Waals surface area (Å²) in [6, 6.07) is 23.8. The first-order chi connectivity index (χ1) is 26.7. The van der Waals surface area contributed by atoms with E-state index < -0.39 is 18.0 Å². The first kappa shape index (κ1) is 39.6. The van der Waals surface area contributed by atoms with E-state index in [2.05, 4.69) is 22.5 Å². The number of hydrogen-bond acceptors (Lipinski definition) is 11. The number of amidine groups is 1. The molecule has 3 aromatic carbocycles. The van der Waals surface area contributed by atoms with Crippen LogP contribution in [0.1, 0.15) is 78.1 Å². The molecule has 55 heavy (non-hydrogen) atoms. The molecule has 0 bridgehead atoms. The highest BCUT2D eigenvalue weighted by molar-refractivity contribution is 6.07. The highest BCUT2D eigenvalue weighted by Gasteiger charge is 2.23. The van der Waals surface area contributed by atoms with Crippen molar-refractivity contribution in [1.29, 1.82) is 5.41 Å². The summed E-state index contributed by atoms with van der Waals surface area (Å²) in [5.41, 5.74) is 3.21. The van der Waals surface area contributed by atoms with Crippen LogP contribution in [0.25, 0.3) is 11.0 Å².